The summed E-state index contributed by atoms with van der Waals surface area (Å²) in [5.74, 6) is 2.13. The number of hydrogen-bond acceptors (Lipinski definition) is 6. The van der Waals surface area contributed by atoms with E-state index in [4.69, 9.17) is 21.1 Å². The summed E-state index contributed by atoms with van der Waals surface area (Å²) < 4.78 is 11.5. The second-order valence-electron chi connectivity index (χ2n) is 6.30. The molecule has 0 saturated heterocycles. The summed E-state index contributed by atoms with van der Waals surface area (Å²) in [5, 5.41) is 5.40. The van der Waals surface area contributed by atoms with Crippen molar-refractivity contribution in [2.45, 2.75) is 23.4 Å². The average molecular weight is 449 g/mol. The largest absolute Gasteiger partial charge is 0.497 e. The SMILES string of the molecule is COc1cc(CSc2nc(CC(=O)Nc3cc(Cl)ccc3C)cs2)cc(OC)c1. The normalized spacial score (nSPS) is 10.6. The number of rotatable bonds is 8. The third kappa shape index (κ3) is 6.13. The maximum Gasteiger partial charge on any atom is 0.230 e. The molecule has 0 aliphatic heterocycles. The number of anilines is 1. The number of nitrogens with zero attached hydrogens (tertiary/aromatic N) is 1. The lowest BCUT2D eigenvalue weighted by molar-refractivity contribution is -0.115. The van der Waals surface area contributed by atoms with Crippen LogP contribution in [0.4, 0.5) is 5.69 Å². The van der Waals surface area contributed by atoms with Gasteiger partial charge < -0.3 is 14.8 Å². The molecule has 0 radical (unpaired) electrons. The first kappa shape index (κ1) is 21.5. The Hall–Kier alpha value is -2.22. The Morgan fingerprint density at radius 2 is 1.90 bits per heavy atom. The van der Waals surface area contributed by atoms with Crippen LogP contribution in [-0.2, 0) is 17.0 Å². The second-order valence-corrected chi connectivity index (χ2v) is 8.82. The summed E-state index contributed by atoms with van der Waals surface area (Å²) >= 11 is 9.15. The van der Waals surface area contributed by atoms with E-state index in [0.717, 1.165) is 44.1 Å². The molecule has 0 aliphatic rings. The Labute approximate surface area is 183 Å². The topological polar surface area (TPSA) is 60.5 Å². The number of thioether (sulfide) groups is 1. The molecule has 5 nitrogen and oxygen atoms in total. The van der Waals surface area contributed by atoms with Gasteiger partial charge in [-0.05, 0) is 42.3 Å². The molecule has 0 atom stereocenters. The Bertz CT molecular complexity index is 985. The van der Waals surface area contributed by atoms with Crippen molar-refractivity contribution in [1.82, 2.24) is 4.98 Å². The van der Waals surface area contributed by atoms with E-state index in [2.05, 4.69) is 10.3 Å². The number of thiazole rings is 1. The van der Waals surface area contributed by atoms with Gasteiger partial charge in [-0.25, -0.2) is 4.98 Å². The highest BCUT2D eigenvalue weighted by Gasteiger charge is 2.11. The molecule has 3 rings (SSSR count). The Kier molecular flexibility index (Phi) is 7.41. The van der Waals surface area contributed by atoms with E-state index in [9.17, 15) is 4.79 Å². The van der Waals surface area contributed by atoms with Gasteiger partial charge in [0.1, 0.15) is 15.8 Å². The monoisotopic (exact) mass is 448 g/mol. The van der Waals surface area contributed by atoms with E-state index < -0.39 is 0 Å². The highest BCUT2D eigenvalue weighted by Crippen LogP contribution is 2.30. The molecule has 1 heterocycles. The standard InChI is InChI=1S/C21H21ClN2O3S2/c1-13-4-5-15(22)8-19(13)24-20(25)9-16-12-29-21(23-16)28-11-14-6-17(26-2)10-18(7-14)27-3/h4-8,10,12H,9,11H2,1-3H3,(H,24,25). The maximum atomic E-state index is 12.4. The van der Waals surface area contributed by atoms with Crippen molar-refractivity contribution >= 4 is 46.3 Å². The smallest absolute Gasteiger partial charge is 0.230 e. The summed E-state index contributed by atoms with van der Waals surface area (Å²) in [5.41, 5.74) is 3.51. The van der Waals surface area contributed by atoms with Gasteiger partial charge in [-0.1, -0.05) is 29.4 Å². The van der Waals surface area contributed by atoms with Gasteiger partial charge in [0.2, 0.25) is 5.91 Å². The maximum absolute atomic E-state index is 12.4. The van der Waals surface area contributed by atoms with Crippen LogP contribution >= 0.6 is 34.7 Å². The number of hydrogen-bond donors (Lipinski definition) is 1. The minimum absolute atomic E-state index is 0.116. The van der Waals surface area contributed by atoms with Crippen LogP contribution in [0.3, 0.4) is 0 Å². The van der Waals surface area contributed by atoms with Crippen LogP contribution in [0.1, 0.15) is 16.8 Å². The number of aryl methyl sites for hydroxylation is 1. The van der Waals surface area contributed by atoms with Crippen LogP contribution in [0.25, 0.3) is 0 Å². The Morgan fingerprint density at radius 3 is 2.59 bits per heavy atom. The van der Waals surface area contributed by atoms with E-state index in [-0.39, 0.29) is 12.3 Å². The molecule has 1 aromatic heterocycles. The van der Waals surface area contributed by atoms with Crippen molar-refractivity contribution in [3.05, 3.63) is 63.6 Å². The lowest BCUT2D eigenvalue weighted by atomic mass is 10.2. The van der Waals surface area contributed by atoms with E-state index in [1.807, 2.05) is 36.6 Å². The molecule has 0 spiro atoms. The zero-order valence-electron chi connectivity index (χ0n) is 16.3. The minimum atomic E-state index is -0.116. The average Bonchev–Trinajstić information content (AvgIpc) is 3.16. The number of methoxy groups -OCH3 is 2. The predicted molar refractivity (Wildman–Crippen MR) is 120 cm³/mol. The molecule has 0 saturated carbocycles. The zero-order valence-corrected chi connectivity index (χ0v) is 18.7. The fourth-order valence-corrected chi connectivity index (χ4v) is 4.57. The number of carbonyl (C=O) groups is 1. The van der Waals surface area contributed by atoms with E-state index >= 15 is 0 Å². The summed E-state index contributed by atoms with van der Waals surface area (Å²) in [6.45, 7) is 1.93. The van der Waals surface area contributed by atoms with Gasteiger partial charge >= 0.3 is 0 Å². The van der Waals surface area contributed by atoms with Gasteiger partial charge in [-0.15, -0.1) is 11.3 Å². The number of benzene rings is 2. The highest BCUT2D eigenvalue weighted by molar-refractivity contribution is 8.00. The first-order valence-electron chi connectivity index (χ1n) is 8.82. The van der Waals surface area contributed by atoms with Gasteiger partial charge in [0.25, 0.3) is 0 Å². The fraction of sp³-hybridized carbons (Fsp3) is 0.238. The lowest BCUT2D eigenvalue weighted by Crippen LogP contribution is -2.15. The van der Waals surface area contributed by atoms with Gasteiger partial charge in [0, 0.05) is 27.9 Å². The molecule has 0 unspecified atom stereocenters. The van der Waals surface area contributed by atoms with Crippen molar-refractivity contribution in [2.75, 3.05) is 19.5 Å². The van der Waals surface area contributed by atoms with Gasteiger partial charge in [-0.2, -0.15) is 0 Å². The quantitative estimate of drug-likeness (QED) is 0.455. The molecule has 1 amide bonds. The second kappa shape index (κ2) is 10.0. The number of nitrogens with one attached hydrogen (secondary N) is 1. The van der Waals surface area contributed by atoms with Gasteiger partial charge in [-0.3, -0.25) is 4.79 Å². The lowest BCUT2D eigenvalue weighted by Gasteiger charge is -2.08. The molecule has 2 aromatic carbocycles. The van der Waals surface area contributed by atoms with Crippen LogP contribution in [0.2, 0.25) is 5.02 Å². The van der Waals surface area contributed by atoms with Gasteiger partial charge in [0.15, 0.2) is 0 Å². The van der Waals surface area contributed by atoms with Crippen molar-refractivity contribution in [3.63, 3.8) is 0 Å². The highest BCUT2D eigenvalue weighted by atomic mass is 35.5. The van der Waals surface area contributed by atoms with Gasteiger partial charge in [0.05, 0.1) is 26.3 Å². The van der Waals surface area contributed by atoms with E-state index in [0.29, 0.717) is 5.02 Å². The molecule has 152 valence electrons. The first-order chi connectivity index (χ1) is 14.0. The van der Waals surface area contributed by atoms with Crippen molar-refractivity contribution in [3.8, 4) is 11.5 Å². The number of halogens is 1. The molecule has 0 fully saturated rings. The number of amides is 1. The van der Waals surface area contributed by atoms with Crippen LogP contribution < -0.4 is 14.8 Å². The van der Waals surface area contributed by atoms with E-state index in [1.165, 1.54) is 11.3 Å². The van der Waals surface area contributed by atoms with Crippen molar-refractivity contribution < 1.29 is 14.3 Å². The zero-order chi connectivity index (χ0) is 20.8. The van der Waals surface area contributed by atoms with Crippen molar-refractivity contribution in [1.29, 1.82) is 0 Å². The molecule has 0 bridgehead atoms. The summed E-state index contributed by atoms with van der Waals surface area (Å²) in [7, 11) is 3.27. The van der Waals surface area contributed by atoms with Crippen LogP contribution in [-0.4, -0.2) is 25.1 Å². The Balaban J connectivity index is 1.58. The molecule has 1 N–H and O–H groups in total. The van der Waals surface area contributed by atoms with Crippen LogP contribution in [0, 0.1) is 6.92 Å². The summed E-state index contributed by atoms with van der Waals surface area (Å²) in [6, 6.07) is 11.2. The third-order valence-electron chi connectivity index (χ3n) is 4.12. The summed E-state index contributed by atoms with van der Waals surface area (Å²) in [4.78, 5) is 16.9. The predicted octanol–water partition coefficient (Wildman–Crippen LogP) is 5.60. The molecule has 3 aromatic rings. The minimum Gasteiger partial charge on any atom is -0.497 e. The fourth-order valence-electron chi connectivity index (χ4n) is 2.62. The summed E-state index contributed by atoms with van der Waals surface area (Å²) in [6.07, 6.45) is 0.218. The first-order valence-corrected chi connectivity index (χ1v) is 11.1. The van der Waals surface area contributed by atoms with Crippen molar-refractivity contribution in [2.24, 2.45) is 0 Å². The molecular weight excluding hydrogens is 428 g/mol. The molecular formula is C21H21ClN2O3S2. The number of carbonyl (C=O) groups excluding carboxylic acids is 1. The third-order valence-corrected chi connectivity index (χ3v) is 6.50. The van der Waals surface area contributed by atoms with E-state index in [1.54, 1.807) is 38.1 Å². The molecule has 29 heavy (non-hydrogen) atoms. The molecule has 8 heteroatoms. The van der Waals surface area contributed by atoms with Crippen LogP contribution in [0.5, 0.6) is 11.5 Å². The number of ether oxygens (including phenoxy) is 2. The Morgan fingerprint density at radius 1 is 1.17 bits per heavy atom. The molecule has 0 aliphatic carbocycles. The van der Waals surface area contributed by atoms with Crippen LogP contribution in [0.15, 0.2) is 46.1 Å². The number of aromatic nitrogens is 1.